The minimum absolute atomic E-state index is 0.0255. The number of rotatable bonds is 7. The minimum atomic E-state index is -0.309. The number of carbonyl (C=O) groups is 2. The van der Waals surface area contributed by atoms with Crippen LogP contribution in [0.2, 0.25) is 5.02 Å². The van der Waals surface area contributed by atoms with E-state index in [2.05, 4.69) is 67.6 Å². The molecule has 1 saturated carbocycles. The maximum Gasteiger partial charge on any atom is 0.231 e. The molecule has 0 unspecified atom stereocenters. The summed E-state index contributed by atoms with van der Waals surface area (Å²) in [6.45, 7) is 9.27. The molecule has 1 fully saturated rings. The fourth-order valence-corrected chi connectivity index (χ4v) is 6.13. The molecule has 5 rings (SSSR count). The summed E-state index contributed by atoms with van der Waals surface area (Å²) in [5.41, 5.74) is 8.47. The number of nitrogens with two attached hydrogens (primary N) is 1. The van der Waals surface area contributed by atoms with Gasteiger partial charge >= 0.3 is 0 Å². The van der Waals surface area contributed by atoms with Gasteiger partial charge in [0.2, 0.25) is 17.8 Å². The lowest BCUT2D eigenvalue weighted by Crippen LogP contribution is -2.41. The van der Waals surface area contributed by atoms with Gasteiger partial charge in [-0.3, -0.25) is 9.59 Å². The highest BCUT2D eigenvalue weighted by molar-refractivity contribution is 6.32. The van der Waals surface area contributed by atoms with Gasteiger partial charge < -0.3 is 21.3 Å². The van der Waals surface area contributed by atoms with Crippen molar-refractivity contribution in [3.05, 3.63) is 47.1 Å². The number of anilines is 4. The summed E-state index contributed by atoms with van der Waals surface area (Å²) in [6.07, 6.45) is 8.02. The molecule has 2 heterocycles. The Morgan fingerprint density at radius 2 is 2.05 bits per heavy atom. The van der Waals surface area contributed by atoms with E-state index in [4.69, 9.17) is 22.3 Å². The molecule has 0 spiro atoms. The number of amides is 2. The van der Waals surface area contributed by atoms with E-state index >= 15 is 0 Å². The number of hydrogen-bond donors (Lipinski definition) is 3. The molecule has 3 aliphatic rings. The van der Waals surface area contributed by atoms with E-state index in [1.807, 2.05) is 11.0 Å². The van der Waals surface area contributed by atoms with Crippen molar-refractivity contribution in [1.29, 1.82) is 0 Å². The highest BCUT2D eigenvalue weighted by Crippen LogP contribution is 2.45. The molecule has 1 aromatic carbocycles. The Bertz CT molecular complexity index is 1260. The second kappa shape index (κ2) is 9.63. The van der Waals surface area contributed by atoms with Gasteiger partial charge in [0.15, 0.2) is 5.82 Å². The van der Waals surface area contributed by atoms with E-state index in [1.54, 1.807) is 6.20 Å². The summed E-state index contributed by atoms with van der Waals surface area (Å²) < 4.78 is 0. The van der Waals surface area contributed by atoms with E-state index in [1.165, 1.54) is 0 Å². The SMILES string of the molecule is CC(C)CN(c1ccc2c(c1)NC(=O)CCC2(C)C)c1ncc(Cl)c(N[C@H]2[C@@H](C(N)=O)[C@@H]3C=C[C@H]2C3)n1. The molecule has 1 aromatic heterocycles. The second-order valence-electron chi connectivity index (χ2n) is 11.6. The zero-order valence-electron chi connectivity index (χ0n) is 21.8. The molecule has 196 valence electrons. The van der Waals surface area contributed by atoms with Crippen LogP contribution < -0.4 is 21.3 Å². The molecule has 2 bridgehead atoms. The molecule has 37 heavy (non-hydrogen) atoms. The van der Waals surface area contributed by atoms with Crippen LogP contribution in [0.5, 0.6) is 0 Å². The Morgan fingerprint density at radius 3 is 2.78 bits per heavy atom. The first-order chi connectivity index (χ1) is 17.5. The van der Waals surface area contributed by atoms with Gasteiger partial charge in [0, 0.05) is 30.4 Å². The van der Waals surface area contributed by atoms with E-state index in [0.717, 1.165) is 29.8 Å². The lowest BCUT2D eigenvalue weighted by atomic mass is 9.80. The lowest BCUT2D eigenvalue weighted by molar-refractivity contribution is -0.122. The Hall–Kier alpha value is -3.13. The number of fused-ring (bicyclic) bond motifs is 3. The summed E-state index contributed by atoms with van der Waals surface area (Å²) in [4.78, 5) is 36.1. The molecule has 1 aliphatic heterocycles. The molecule has 4 atom stereocenters. The molecule has 4 N–H and O–H groups in total. The molecular weight excluding hydrogens is 488 g/mol. The first-order valence-corrected chi connectivity index (χ1v) is 13.4. The number of nitrogens with zero attached hydrogens (tertiary/aromatic N) is 3. The van der Waals surface area contributed by atoms with Crippen LogP contribution in [0.3, 0.4) is 0 Å². The Morgan fingerprint density at radius 1 is 1.30 bits per heavy atom. The number of carbonyl (C=O) groups excluding carboxylic acids is 2. The molecule has 0 saturated heterocycles. The quantitative estimate of drug-likeness (QED) is 0.440. The smallest absolute Gasteiger partial charge is 0.231 e. The zero-order chi connectivity index (χ0) is 26.5. The number of aromatic nitrogens is 2. The second-order valence-corrected chi connectivity index (χ2v) is 12.0. The summed E-state index contributed by atoms with van der Waals surface area (Å²) in [5, 5.41) is 6.90. The number of allylic oxidation sites excluding steroid dienone is 1. The van der Waals surface area contributed by atoms with Gasteiger partial charge in [-0.2, -0.15) is 4.98 Å². The monoisotopic (exact) mass is 522 g/mol. The van der Waals surface area contributed by atoms with Crippen LogP contribution in [-0.2, 0) is 15.0 Å². The van der Waals surface area contributed by atoms with Crippen LogP contribution >= 0.6 is 11.6 Å². The molecule has 9 heteroatoms. The van der Waals surface area contributed by atoms with Crippen molar-refractivity contribution in [2.45, 2.75) is 58.4 Å². The van der Waals surface area contributed by atoms with Crippen molar-refractivity contribution in [2.75, 3.05) is 22.1 Å². The predicted molar refractivity (Wildman–Crippen MR) is 147 cm³/mol. The van der Waals surface area contributed by atoms with Crippen LogP contribution in [0.4, 0.5) is 23.1 Å². The molecule has 2 aromatic rings. The number of halogens is 1. The molecule has 0 radical (unpaired) electrons. The van der Waals surface area contributed by atoms with Gasteiger partial charge in [-0.05, 0) is 53.7 Å². The number of benzene rings is 1. The van der Waals surface area contributed by atoms with Crippen molar-refractivity contribution < 1.29 is 9.59 Å². The Labute approximate surface area is 223 Å². The molecule has 8 nitrogen and oxygen atoms in total. The molecule has 2 aliphatic carbocycles. The van der Waals surface area contributed by atoms with Gasteiger partial charge in [-0.25, -0.2) is 4.98 Å². The van der Waals surface area contributed by atoms with E-state index in [-0.39, 0.29) is 41.0 Å². The average Bonchev–Trinajstić information content (AvgIpc) is 3.41. The van der Waals surface area contributed by atoms with Crippen LogP contribution in [0, 0.1) is 23.7 Å². The van der Waals surface area contributed by atoms with Gasteiger partial charge in [0.25, 0.3) is 0 Å². The predicted octanol–water partition coefficient (Wildman–Crippen LogP) is 5.02. The average molecular weight is 523 g/mol. The fraction of sp³-hybridized carbons (Fsp3) is 0.500. The zero-order valence-corrected chi connectivity index (χ0v) is 22.5. The van der Waals surface area contributed by atoms with Crippen LogP contribution in [-0.4, -0.2) is 34.4 Å². The van der Waals surface area contributed by atoms with Gasteiger partial charge in [-0.1, -0.05) is 57.5 Å². The van der Waals surface area contributed by atoms with Crippen LogP contribution in [0.25, 0.3) is 0 Å². The maximum absolute atomic E-state index is 12.4. The summed E-state index contributed by atoms with van der Waals surface area (Å²) in [6, 6.07) is 6.02. The normalized spacial score (nSPS) is 25.5. The summed E-state index contributed by atoms with van der Waals surface area (Å²) >= 11 is 6.53. The van der Waals surface area contributed by atoms with Crippen molar-refractivity contribution >= 4 is 46.6 Å². The van der Waals surface area contributed by atoms with Crippen molar-refractivity contribution in [1.82, 2.24) is 9.97 Å². The number of nitrogens with one attached hydrogen (secondary N) is 2. The third-order valence-corrected chi connectivity index (χ3v) is 8.18. The standard InChI is InChI=1S/C28H35ClN6O2/c1-15(2)14-35(18-7-8-19-21(12-18)32-22(36)9-10-28(19,3)4)27-31-13-20(29)26(34-27)33-24-17-6-5-16(11-17)23(24)25(30)37/h5-8,12-13,15-17,23-24H,9-11,14H2,1-4H3,(H2,30,37)(H,32,36)(H,31,33,34)/t16-,17+,23+,24-/m1/s1. The Kier molecular flexibility index (Phi) is 6.64. The van der Waals surface area contributed by atoms with Crippen molar-refractivity contribution in [3.63, 3.8) is 0 Å². The number of primary amides is 1. The first kappa shape index (κ1) is 25.5. The Balaban J connectivity index is 1.50. The van der Waals surface area contributed by atoms with Crippen LogP contribution in [0.1, 0.15) is 52.5 Å². The highest BCUT2D eigenvalue weighted by atomic mass is 35.5. The summed E-state index contributed by atoms with van der Waals surface area (Å²) in [5.74, 6) is 1.07. The largest absolute Gasteiger partial charge is 0.369 e. The lowest BCUT2D eigenvalue weighted by Gasteiger charge is -2.30. The van der Waals surface area contributed by atoms with Crippen LogP contribution in [0.15, 0.2) is 36.5 Å². The third kappa shape index (κ3) is 4.91. The van der Waals surface area contributed by atoms with Crippen molar-refractivity contribution in [3.8, 4) is 0 Å². The maximum atomic E-state index is 12.4. The summed E-state index contributed by atoms with van der Waals surface area (Å²) in [7, 11) is 0. The highest BCUT2D eigenvalue weighted by Gasteiger charge is 2.47. The minimum Gasteiger partial charge on any atom is -0.369 e. The topological polar surface area (TPSA) is 113 Å². The molecular formula is C28H35ClN6O2. The first-order valence-electron chi connectivity index (χ1n) is 13.0. The van der Waals surface area contributed by atoms with Gasteiger partial charge in [0.1, 0.15) is 5.02 Å². The van der Waals surface area contributed by atoms with Crippen molar-refractivity contribution in [2.24, 2.45) is 29.4 Å². The number of hydrogen-bond acceptors (Lipinski definition) is 6. The van der Waals surface area contributed by atoms with Gasteiger partial charge in [-0.15, -0.1) is 0 Å². The fourth-order valence-electron chi connectivity index (χ4n) is 5.99. The van der Waals surface area contributed by atoms with Gasteiger partial charge in [0.05, 0.1) is 12.1 Å². The van der Waals surface area contributed by atoms with E-state index < -0.39 is 0 Å². The van der Waals surface area contributed by atoms with E-state index in [9.17, 15) is 9.59 Å². The van der Waals surface area contributed by atoms with E-state index in [0.29, 0.717) is 35.7 Å². The molecule has 2 amide bonds. The third-order valence-electron chi connectivity index (χ3n) is 7.91.